The van der Waals surface area contributed by atoms with Crippen molar-refractivity contribution >= 4 is 35.1 Å². The molecule has 1 aliphatic rings. The number of carbonyl (C=O) groups excluding carboxylic acids is 2. The van der Waals surface area contributed by atoms with Crippen molar-refractivity contribution in [3.8, 4) is 11.4 Å². The fourth-order valence-corrected chi connectivity index (χ4v) is 5.52. The van der Waals surface area contributed by atoms with Gasteiger partial charge < -0.3 is 19.9 Å². The Morgan fingerprint density at radius 2 is 2.09 bits per heavy atom. The summed E-state index contributed by atoms with van der Waals surface area (Å²) < 4.78 is 7.42. The summed E-state index contributed by atoms with van der Waals surface area (Å²) in [4.78, 5) is 26.2. The number of ether oxygens (including phenoxy) is 1. The first-order valence-electron chi connectivity index (χ1n) is 11.2. The van der Waals surface area contributed by atoms with Gasteiger partial charge in [-0.3, -0.25) is 0 Å². The van der Waals surface area contributed by atoms with Gasteiger partial charge in [0.2, 0.25) is 0 Å². The van der Waals surface area contributed by atoms with Gasteiger partial charge >= 0.3 is 12.0 Å². The number of carbonyl (C=O) groups is 2. The van der Waals surface area contributed by atoms with Gasteiger partial charge in [-0.05, 0) is 37.8 Å². The molecule has 10 heteroatoms. The van der Waals surface area contributed by atoms with Crippen LogP contribution >= 0.6 is 23.1 Å². The van der Waals surface area contributed by atoms with Gasteiger partial charge in [-0.2, -0.15) is 0 Å². The van der Waals surface area contributed by atoms with Gasteiger partial charge in [0.05, 0.1) is 18.2 Å². The number of aromatic nitrogens is 3. The molecule has 4 rings (SSSR count). The highest BCUT2D eigenvalue weighted by molar-refractivity contribution is 7.99. The van der Waals surface area contributed by atoms with Gasteiger partial charge in [0.25, 0.3) is 0 Å². The molecule has 0 fully saturated rings. The number of rotatable bonds is 9. The summed E-state index contributed by atoms with van der Waals surface area (Å²) >= 11 is 2.92. The van der Waals surface area contributed by atoms with E-state index in [1.807, 2.05) is 42.6 Å². The van der Waals surface area contributed by atoms with Crippen molar-refractivity contribution in [2.24, 2.45) is 0 Å². The van der Waals surface area contributed by atoms with Crippen molar-refractivity contribution < 1.29 is 14.3 Å². The zero-order valence-electron chi connectivity index (χ0n) is 19.3. The Labute approximate surface area is 206 Å². The minimum absolute atomic E-state index is 0.249. The van der Waals surface area contributed by atoms with Gasteiger partial charge in [0.1, 0.15) is 0 Å². The Morgan fingerprint density at radius 3 is 2.79 bits per heavy atom. The summed E-state index contributed by atoms with van der Waals surface area (Å²) in [6.45, 7) is 6.93. The van der Waals surface area contributed by atoms with E-state index in [4.69, 9.17) is 4.74 Å². The molecule has 0 radical (unpaired) electrons. The van der Waals surface area contributed by atoms with Crippen molar-refractivity contribution in [1.29, 1.82) is 0 Å². The van der Waals surface area contributed by atoms with E-state index >= 15 is 0 Å². The highest BCUT2D eigenvalue weighted by Crippen LogP contribution is 2.33. The van der Waals surface area contributed by atoms with E-state index in [1.165, 1.54) is 23.1 Å². The van der Waals surface area contributed by atoms with Crippen molar-refractivity contribution in [3.63, 3.8) is 0 Å². The molecule has 178 valence electrons. The Hall–Kier alpha value is -3.11. The van der Waals surface area contributed by atoms with Crippen LogP contribution in [0, 0.1) is 6.92 Å². The maximum absolute atomic E-state index is 12.9. The van der Waals surface area contributed by atoms with Crippen molar-refractivity contribution in [1.82, 2.24) is 25.4 Å². The SMILES string of the molecule is CCCn1c(SCC2=C(C(=O)OCC)C(c3cccs3)NC(=O)N2)nnc1-c1cccc(C)c1. The molecule has 1 aromatic carbocycles. The number of amides is 2. The van der Waals surface area contributed by atoms with Crippen LogP contribution in [0.5, 0.6) is 0 Å². The number of thioether (sulfide) groups is 1. The number of nitrogens with zero attached hydrogens (tertiary/aromatic N) is 3. The summed E-state index contributed by atoms with van der Waals surface area (Å²) in [6, 6.07) is 11.1. The first-order valence-corrected chi connectivity index (χ1v) is 13.0. The molecule has 34 heavy (non-hydrogen) atoms. The normalized spacial score (nSPS) is 15.7. The summed E-state index contributed by atoms with van der Waals surface area (Å²) in [5.74, 6) is 0.706. The predicted molar refractivity (Wildman–Crippen MR) is 134 cm³/mol. The Kier molecular flexibility index (Phi) is 7.69. The number of hydrogen-bond donors (Lipinski definition) is 2. The van der Waals surface area contributed by atoms with Gasteiger partial charge in [0.15, 0.2) is 11.0 Å². The zero-order chi connectivity index (χ0) is 24.1. The molecule has 0 saturated heterocycles. The third kappa shape index (κ3) is 5.18. The van der Waals surface area contributed by atoms with Crippen molar-refractivity contribution in [2.45, 2.75) is 44.9 Å². The van der Waals surface area contributed by atoms with E-state index < -0.39 is 12.0 Å². The zero-order valence-corrected chi connectivity index (χ0v) is 21.0. The van der Waals surface area contributed by atoms with Crippen LogP contribution in [0.1, 0.15) is 36.8 Å². The number of benzene rings is 1. The van der Waals surface area contributed by atoms with Crippen LogP contribution in [0.25, 0.3) is 11.4 Å². The van der Waals surface area contributed by atoms with Gasteiger partial charge in [-0.25, -0.2) is 9.59 Å². The molecule has 3 heterocycles. The predicted octanol–water partition coefficient (Wildman–Crippen LogP) is 4.69. The summed E-state index contributed by atoms with van der Waals surface area (Å²) in [6.07, 6.45) is 0.919. The Balaban J connectivity index is 1.67. The third-order valence-electron chi connectivity index (χ3n) is 5.26. The molecule has 1 unspecified atom stereocenters. The number of urea groups is 1. The van der Waals surface area contributed by atoms with Crippen LogP contribution in [0.2, 0.25) is 0 Å². The standard InChI is InChI=1S/C24H27N5O3S2/c1-4-11-29-21(16-9-6-8-15(3)13-16)27-28-24(29)34-14-17-19(22(30)32-5-2)20(26-23(31)25-17)18-10-7-12-33-18/h6-10,12-13,20H,4-5,11,14H2,1-3H3,(H2,25,26,31). The molecule has 0 spiro atoms. The first kappa shape index (κ1) is 24.0. The molecular formula is C24H27N5O3S2. The number of nitrogens with one attached hydrogen (secondary N) is 2. The van der Waals surface area contributed by atoms with Crippen LogP contribution in [-0.4, -0.2) is 39.1 Å². The number of aryl methyl sites for hydroxylation is 1. The molecule has 1 atom stereocenters. The van der Waals surface area contributed by atoms with Crippen LogP contribution in [0.15, 0.2) is 58.2 Å². The summed E-state index contributed by atoms with van der Waals surface area (Å²) in [5.41, 5.74) is 3.09. The molecule has 0 aliphatic carbocycles. The summed E-state index contributed by atoms with van der Waals surface area (Å²) in [5, 5.41) is 17.2. The van der Waals surface area contributed by atoms with E-state index in [2.05, 4.69) is 38.4 Å². The van der Waals surface area contributed by atoms with Crippen LogP contribution in [-0.2, 0) is 16.1 Å². The second-order valence-electron chi connectivity index (χ2n) is 7.78. The monoisotopic (exact) mass is 497 g/mol. The molecule has 3 aromatic rings. The Morgan fingerprint density at radius 1 is 1.24 bits per heavy atom. The third-order valence-corrected chi connectivity index (χ3v) is 7.19. The van der Waals surface area contributed by atoms with Crippen LogP contribution in [0.4, 0.5) is 4.79 Å². The van der Waals surface area contributed by atoms with Crippen molar-refractivity contribution in [3.05, 3.63) is 63.5 Å². The van der Waals surface area contributed by atoms with Gasteiger partial charge in [-0.15, -0.1) is 21.5 Å². The van der Waals surface area contributed by atoms with E-state index in [-0.39, 0.29) is 12.6 Å². The van der Waals surface area contributed by atoms with Crippen LogP contribution < -0.4 is 10.6 Å². The number of thiophene rings is 1. The lowest BCUT2D eigenvalue weighted by Crippen LogP contribution is -2.46. The maximum atomic E-state index is 12.9. The minimum atomic E-state index is -0.556. The molecule has 2 aromatic heterocycles. The van der Waals surface area contributed by atoms with Gasteiger partial charge in [0, 0.05) is 28.4 Å². The largest absolute Gasteiger partial charge is 0.463 e. The van der Waals surface area contributed by atoms with Crippen molar-refractivity contribution in [2.75, 3.05) is 12.4 Å². The van der Waals surface area contributed by atoms with E-state index in [1.54, 1.807) is 6.92 Å². The lowest BCUT2D eigenvalue weighted by molar-refractivity contribution is -0.139. The fourth-order valence-electron chi connectivity index (χ4n) is 3.81. The van der Waals surface area contributed by atoms with Gasteiger partial charge in [-0.1, -0.05) is 48.5 Å². The molecule has 8 nitrogen and oxygen atoms in total. The smallest absolute Gasteiger partial charge is 0.338 e. The molecular weight excluding hydrogens is 470 g/mol. The first-order chi connectivity index (χ1) is 16.5. The van der Waals surface area contributed by atoms with E-state index in [0.717, 1.165) is 40.0 Å². The van der Waals surface area contributed by atoms with E-state index in [9.17, 15) is 9.59 Å². The molecule has 0 bridgehead atoms. The molecule has 2 amide bonds. The maximum Gasteiger partial charge on any atom is 0.338 e. The lowest BCUT2D eigenvalue weighted by Gasteiger charge is -2.28. The molecule has 0 saturated carbocycles. The quantitative estimate of drug-likeness (QED) is 0.329. The molecule has 2 N–H and O–H groups in total. The number of hydrogen-bond acceptors (Lipinski definition) is 7. The molecule has 1 aliphatic heterocycles. The lowest BCUT2D eigenvalue weighted by atomic mass is 10.0. The highest BCUT2D eigenvalue weighted by Gasteiger charge is 2.34. The summed E-state index contributed by atoms with van der Waals surface area (Å²) in [7, 11) is 0. The highest BCUT2D eigenvalue weighted by atomic mass is 32.2. The minimum Gasteiger partial charge on any atom is -0.463 e. The number of esters is 1. The van der Waals surface area contributed by atoms with Crippen LogP contribution in [0.3, 0.4) is 0 Å². The average molecular weight is 498 g/mol. The average Bonchev–Trinajstić information content (AvgIpc) is 3.48. The van der Waals surface area contributed by atoms with E-state index in [0.29, 0.717) is 17.0 Å². The Bertz CT molecular complexity index is 1200. The topological polar surface area (TPSA) is 98.1 Å². The second kappa shape index (κ2) is 10.9. The second-order valence-corrected chi connectivity index (χ2v) is 9.70. The fraction of sp³-hybridized carbons (Fsp3) is 0.333.